The van der Waals surface area contributed by atoms with Crippen molar-refractivity contribution in [1.82, 2.24) is 4.31 Å². The Hall–Kier alpha value is -3.68. The minimum absolute atomic E-state index is 0.0567. The van der Waals surface area contributed by atoms with Gasteiger partial charge in [0.25, 0.3) is 5.91 Å². The topological polar surface area (TPSA) is 90.3 Å². The third kappa shape index (κ3) is 5.27. The fraction of sp³-hybridized carbons (Fsp3) is 0.231. The van der Waals surface area contributed by atoms with Crippen LogP contribution in [0, 0.1) is 11.3 Å². The van der Waals surface area contributed by atoms with Gasteiger partial charge in [0, 0.05) is 18.8 Å². The van der Waals surface area contributed by atoms with E-state index in [0.29, 0.717) is 18.7 Å². The van der Waals surface area contributed by atoms with Gasteiger partial charge in [-0.1, -0.05) is 30.7 Å². The van der Waals surface area contributed by atoms with Crippen LogP contribution in [0.1, 0.15) is 40.7 Å². The van der Waals surface area contributed by atoms with Crippen molar-refractivity contribution in [3.8, 4) is 17.2 Å². The molecular weight excluding hydrogens is 491 g/mol. The van der Waals surface area contributed by atoms with E-state index in [1.807, 2.05) is 6.07 Å². The first kappa shape index (κ1) is 25.4. The molecule has 0 radical (unpaired) electrons. The van der Waals surface area contributed by atoms with Crippen LogP contribution in [0.15, 0.2) is 71.6 Å². The number of alkyl halides is 3. The molecule has 0 aliphatic carbocycles. The van der Waals surface area contributed by atoms with Crippen LogP contribution in [0.5, 0.6) is 0 Å². The highest BCUT2D eigenvalue weighted by molar-refractivity contribution is 7.89. The van der Waals surface area contributed by atoms with E-state index in [4.69, 9.17) is 5.26 Å². The molecule has 1 saturated heterocycles. The van der Waals surface area contributed by atoms with Crippen molar-refractivity contribution in [1.29, 1.82) is 5.26 Å². The minimum atomic E-state index is -4.83. The molecule has 1 aliphatic heterocycles. The summed E-state index contributed by atoms with van der Waals surface area (Å²) < 4.78 is 69.3. The molecule has 1 fully saturated rings. The Morgan fingerprint density at radius 1 is 0.917 bits per heavy atom. The van der Waals surface area contributed by atoms with Gasteiger partial charge in [0.2, 0.25) is 10.0 Å². The summed E-state index contributed by atoms with van der Waals surface area (Å²) in [6.45, 7) is 0.882. The minimum Gasteiger partial charge on any atom is -0.322 e. The van der Waals surface area contributed by atoms with Crippen LogP contribution in [0.4, 0.5) is 18.9 Å². The van der Waals surface area contributed by atoms with Crippen molar-refractivity contribution in [2.75, 3.05) is 18.4 Å². The maximum Gasteiger partial charge on any atom is 0.417 e. The molecule has 0 bridgehead atoms. The average molecular weight is 514 g/mol. The number of hydrogen-bond donors (Lipinski definition) is 1. The quantitative estimate of drug-likeness (QED) is 0.476. The molecule has 0 atom stereocenters. The first-order valence-electron chi connectivity index (χ1n) is 11.2. The third-order valence-electron chi connectivity index (χ3n) is 5.98. The number of rotatable bonds is 5. The molecule has 1 heterocycles. The molecule has 1 aliphatic rings. The van der Waals surface area contributed by atoms with Gasteiger partial charge in [-0.3, -0.25) is 4.79 Å². The third-order valence-corrected chi connectivity index (χ3v) is 7.90. The number of nitrogens with zero attached hydrogens (tertiary/aromatic N) is 2. The number of benzene rings is 3. The number of hydrogen-bond acceptors (Lipinski definition) is 4. The highest BCUT2D eigenvalue weighted by Crippen LogP contribution is 2.40. The van der Waals surface area contributed by atoms with Gasteiger partial charge < -0.3 is 5.32 Å². The highest BCUT2D eigenvalue weighted by Gasteiger charge is 2.38. The van der Waals surface area contributed by atoms with E-state index in [2.05, 4.69) is 5.32 Å². The number of carbonyl (C=O) groups is 1. The Kier molecular flexibility index (Phi) is 7.15. The number of carbonyl (C=O) groups excluding carboxylic acids is 1. The molecule has 0 aromatic heterocycles. The maximum atomic E-state index is 14.1. The van der Waals surface area contributed by atoms with Crippen molar-refractivity contribution in [2.24, 2.45) is 0 Å². The van der Waals surface area contributed by atoms with Crippen LogP contribution in [0.25, 0.3) is 11.1 Å². The van der Waals surface area contributed by atoms with Gasteiger partial charge in [-0.25, -0.2) is 8.42 Å². The molecule has 0 unspecified atom stereocenters. The maximum absolute atomic E-state index is 14.1. The van der Waals surface area contributed by atoms with Crippen LogP contribution in [0.3, 0.4) is 0 Å². The Labute approximate surface area is 207 Å². The van der Waals surface area contributed by atoms with Crippen LogP contribution in [-0.2, 0) is 16.2 Å². The number of sulfonamides is 1. The van der Waals surface area contributed by atoms with Crippen molar-refractivity contribution >= 4 is 21.6 Å². The summed E-state index contributed by atoms with van der Waals surface area (Å²) in [6.07, 6.45) is -2.28. The van der Waals surface area contributed by atoms with Crippen LogP contribution >= 0.6 is 0 Å². The normalized spacial score (nSPS) is 14.7. The Morgan fingerprint density at radius 3 is 2.14 bits per heavy atom. The fourth-order valence-electron chi connectivity index (χ4n) is 4.17. The van der Waals surface area contributed by atoms with Gasteiger partial charge in [0.05, 0.1) is 27.7 Å². The van der Waals surface area contributed by atoms with Gasteiger partial charge in [0.15, 0.2) is 0 Å². The molecule has 0 saturated carbocycles. The van der Waals surface area contributed by atoms with Crippen LogP contribution < -0.4 is 5.32 Å². The smallest absolute Gasteiger partial charge is 0.322 e. The molecule has 186 valence electrons. The molecule has 4 rings (SSSR count). The van der Waals surface area contributed by atoms with Crippen LogP contribution in [-0.4, -0.2) is 31.7 Å². The molecule has 3 aromatic carbocycles. The fourth-order valence-corrected chi connectivity index (χ4v) is 5.69. The number of halogens is 3. The summed E-state index contributed by atoms with van der Waals surface area (Å²) in [5.41, 5.74) is -1.20. The SMILES string of the molecule is N#Cc1ccc(-c2cccc(C(=O)Nc3ccc(S(=O)(=O)N4CCCCC4)cc3)c2C(F)(F)F)cc1. The predicted molar refractivity (Wildman–Crippen MR) is 129 cm³/mol. The van der Waals surface area contributed by atoms with Gasteiger partial charge in [-0.15, -0.1) is 0 Å². The standard InChI is InChI=1S/C26H22F3N3O3S/c27-26(28,29)24-22(19-9-7-18(17-30)8-10-19)5-4-6-23(24)25(33)31-20-11-13-21(14-12-20)36(34,35)32-15-2-1-3-16-32/h4-14H,1-3,15-16H2,(H,31,33). The van der Waals surface area contributed by atoms with E-state index >= 15 is 0 Å². The Bertz CT molecular complexity index is 1410. The van der Waals surface area contributed by atoms with Gasteiger partial charge in [0.1, 0.15) is 0 Å². The lowest BCUT2D eigenvalue weighted by atomic mass is 9.94. The Morgan fingerprint density at radius 2 is 1.56 bits per heavy atom. The summed E-state index contributed by atoms with van der Waals surface area (Å²) in [5, 5.41) is 11.4. The molecule has 0 spiro atoms. The summed E-state index contributed by atoms with van der Waals surface area (Å²) in [7, 11) is -3.68. The first-order valence-corrected chi connectivity index (χ1v) is 12.7. The molecule has 3 aromatic rings. The highest BCUT2D eigenvalue weighted by atomic mass is 32.2. The lowest BCUT2D eigenvalue weighted by molar-refractivity contribution is -0.137. The van der Waals surface area contributed by atoms with Crippen molar-refractivity contribution in [2.45, 2.75) is 30.3 Å². The van der Waals surface area contributed by atoms with Crippen molar-refractivity contribution in [3.63, 3.8) is 0 Å². The number of nitrogens with one attached hydrogen (secondary N) is 1. The summed E-state index contributed by atoms with van der Waals surface area (Å²) >= 11 is 0. The molecule has 10 heteroatoms. The zero-order chi connectivity index (χ0) is 25.9. The second-order valence-corrected chi connectivity index (χ2v) is 10.3. The number of nitriles is 1. The van der Waals surface area contributed by atoms with Crippen molar-refractivity contribution in [3.05, 3.63) is 83.4 Å². The molecule has 6 nitrogen and oxygen atoms in total. The predicted octanol–water partition coefficient (Wildman–Crippen LogP) is 5.67. The molecule has 1 amide bonds. The van der Waals surface area contributed by atoms with E-state index in [0.717, 1.165) is 25.3 Å². The van der Waals surface area contributed by atoms with Crippen molar-refractivity contribution < 1.29 is 26.4 Å². The lowest BCUT2D eigenvalue weighted by Crippen LogP contribution is -2.35. The number of piperidine rings is 1. The molecule has 1 N–H and O–H groups in total. The largest absolute Gasteiger partial charge is 0.417 e. The average Bonchev–Trinajstić information content (AvgIpc) is 2.88. The van der Waals surface area contributed by atoms with E-state index < -0.39 is 33.2 Å². The van der Waals surface area contributed by atoms with E-state index in [1.54, 1.807) is 0 Å². The van der Waals surface area contributed by atoms with Crippen LogP contribution in [0.2, 0.25) is 0 Å². The Balaban J connectivity index is 1.62. The van der Waals surface area contributed by atoms with E-state index in [1.165, 1.54) is 65.0 Å². The zero-order valence-electron chi connectivity index (χ0n) is 19.0. The second kappa shape index (κ2) is 10.1. The van der Waals surface area contributed by atoms with Gasteiger partial charge >= 0.3 is 6.18 Å². The van der Waals surface area contributed by atoms with Gasteiger partial charge in [-0.05, 0) is 66.4 Å². The zero-order valence-corrected chi connectivity index (χ0v) is 19.9. The van der Waals surface area contributed by atoms with Gasteiger partial charge in [-0.2, -0.15) is 22.7 Å². The molecule has 36 heavy (non-hydrogen) atoms. The summed E-state index contributed by atoms with van der Waals surface area (Å²) in [6, 6.07) is 16.6. The number of anilines is 1. The second-order valence-electron chi connectivity index (χ2n) is 8.36. The lowest BCUT2D eigenvalue weighted by Gasteiger charge is -2.25. The number of amides is 1. The summed E-state index contributed by atoms with van der Waals surface area (Å²) in [5.74, 6) is -0.982. The van der Waals surface area contributed by atoms with E-state index in [-0.39, 0.29) is 21.7 Å². The summed E-state index contributed by atoms with van der Waals surface area (Å²) in [4.78, 5) is 13.0. The first-order chi connectivity index (χ1) is 17.1. The monoisotopic (exact) mass is 513 g/mol. The molecular formula is C26H22F3N3O3S. The van der Waals surface area contributed by atoms with E-state index in [9.17, 15) is 26.4 Å².